The molecule has 0 N–H and O–H groups in total. The number of hydrogen-bond donors (Lipinski definition) is 0. The molecule has 0 aliphatic heterocycles. The zero-order valence-corrected chi connectivity index (χ0v) is 12.1. The minimum absolute atomic E-state index is 0.169. The topological polar surface area (TPSA) is 0 Å². The van der Waals surface area contributed by atoms with Crippen molar-refractivity contribution in [2.24, 2.45) is 5.92 Å². The maximum absolute atomic E-state index is 6.68. The SMILES string of the molecule is CCc1ccc(C(Cl)C2Cc3ccccc3C2)s1. The summed E-state index contributed by atoms with van der Waals surface area (Å²) >= 11 is 8.56. The zero-order valence-electron chi connectivity index (χ0n) is 10.5. The highest BCUT2D eigenvalue weighted by atomic mass is 35.5. The first-order valence-electron chi connectivity index (χ1n) is 6.57. The monoisotopic (exact) mass is 276 g/mol. The first kappa shape index (κ1) is 12.3. The fraction of sp³-hybridized carbons (Fsp3) is 0.375. The van der Waals surface area contributed by atoms with Crippen LogP contribution in [0, 0.1) is 5.92 Å². The normalized spacial score (nSPS) is 16.8. The van der Waals surface area contributed by atoms with Gasteiger partial charge < -0.3 is 0 Å². The summed E-state index contributed by atoms with van der Waals surface area (Å²) in [6.45, 7) is 2.20. The van der Waals surface area contributed by atoms with Gasteiger partial charge in [-0.05, 0) is 48.4 Å². The van der Waals surface area contributed by atoms with E-state index in [-0.39, 0.29) is 5.38 Å². The highest BCUT2D eigenvalue weighted by molar-refractivity contribution is 7.12. The Morgan fingerprint density at radius 2 is 1.83 bits per heavy atom. The van der Waals surface area contributed by atoms with E-state index in [1.54, 1.807) is 0 Å². The molecule has 1 aromatic carbocycles. The van der Waals surface area contributed by atoms with Crippen LogP contribution in [0.1, 0.15) is 33.2 Å². The fourth-order valence-corrected chi connectivity index (χ4v) is 4.17. The summed E-state index contributed by atoms with van der Waals surface area (Å²) < 4.78 is 0. The molecular weight excluding hydrogens is 260 g/mol. The van der Waals surface area contributed by atoms with Crippen LogP contribution >= 0.6 is 22.9 Å². The summed E-state index contributed by atoms with van der Waals surface area (Å²) in [4.78, 5) is 2.78. The molecule has 0 radical (unpaired) electrons. The summed E-state index contributed by atoms with van der Waals surface area (Å²) in [5, 5.41) is 0.169. The van der Waals surface area contributed by atoms with Gasteiger partial charge in [0, 0.05) is 9.75 Å². The first-order valence-corrected chi connectivity index (χ1v) is 7.82. The predicted molar refractivity (Wildman–Crippen MR) is 79.6 cm³/mol. The second kappa shape index (κ2) is 5.07. The van der Waals surface area contributed by atoms with Crippen LogP contribution in [0.3, 0.4) is 0 Å². The Labute approximate surface area is 118 Å². The molecule has 0 saturated carbocycles. The molecule has 0 spiro atoms. The minimum Gasteiger partial charge on any atom is -0.144 e. The van der Waals surface area contributed by atoms with E-state index in [4.69, 9.17) is 11.6 Å². The molecular formula is C16H17ClS. The third-order valence-electron chi connectivity index (χ3n) is 3.80. The molecule has 2 heteroatoms. The van der Waals surface area contributed by atoms with E-state index in [1.165, 1.54) is 20.9 Å². The Morgan fingerprint density at radius 3 is 2.39 bits per heavy atom. The summed E-state index contributed by atoms with van der Waals surface area (Å²) in [5.74, 6) is 0.562. The molecule has 0 nitrogen and oxygen atoms in total. The summed E-state index contributed by atoms with van der Waals surface area (Å²) in [6.07, 6.45) is 3.37. The van der Waals surface area contributed by atoms with Crippen LogP contribution in [0.25, 0.3) is 0 Å². The maximum Gasteiger partial charge on any atom is 0.0713 e. The summed E-state index contributed by atoms with van der Waals surface area (Å²) in [5.41, 5.74) is 2.97. The standard InChI is InChI=1S/C16H17ClS/c1-2-14-7-8-15(18-14)16(17)13-9-11-5-3-4-6-12(11)10-13/h3-8,13,16H,2,9-10H2,1H3. The number of thiophene rings is 1. The molecule has 1 heterocycles. The Balaban J connectivity index is 1.77. The number of benzene rings is 1. The Bertz CT molecular complexity index is 519. The molecule has 0 saturated heterocycles. The number of halogens is 1. The highest BCUT2D eigenvalue weighted by Gasteiger charge is 2.28. The summed E-state index contributed by atoms with van der Waals surface area (Å²) in [6, 6.07) is 13.2. The van der Waals surface area contributed by atoms with Crippen LogP contribution < -0.4 is 0 Å². The van der Waals surface area contributed by atoms with E-state index in [0.717, 1.165) is 19.3 Å². The van der Waals surface area contributed by atoms with Gasteiger partial charge in [0.1, 0.15) is 0 Å². The smallest absolute Gasteiger partial charge is 0.0713 e. The van der Waals surface area contributed by atoms with Gasteiger partial charge >= 0.3 is 0 Å². The van der Waals surface area contributed by atoms with Crippen molar-refractivity contribution in [1.29, 1.82) is 0 Å². The molecule has 3 rings (SSSR count). The van der Waals surface area contributed by atoms with Gasteiger partial charge in [0.25, 0.3) is 0 Å². The quantitative estimate of drug-likeness (QED) is 0.692. The van der Waals surface area contributed by atoms with Gasteiger partial charge in [-0.15, -0.1) is 22.9 Å². The van der Waals surface area contributed by atoms with E-state index >= 15 is 0 Å². The number of rotatable bonds is 3. The Hall–Kier alpha value is -0.790. The van der Waals surface area contributed by atoms with Crippen molar-refractivity contribution in [3.63, 3.8) is 0 Å². The molecule has 1 unspecified atom stereocenters. The molecule has 94 valence electrons. The van der Waals surface area contributed by atoms with Crippen LogP contribution in [0.4, 0.5) is 0 Å². The average molecular weight is 277 g/mol. The molecule has 1 atom stereocenters. The Morgan fingerprint density at radius 1 is 1.17 bits per heavy atom. The van der Waals surface area contributed by atoms with Gasteiger partial charge in [0.15, 0.2) is 0 Å². The fourth-order valence-electron chi connectivity index (χ4n) is 2.76. The second-order valence-corrected chi connectivity index (χ2v) is 6.67. The van der Waals surface area contributed by atoms with E-state index < -0.39 is 0 Å². The van der Waals surface area contributed by atoms with E-state index in [0.29, 0.717) is 5.92 Å². The largest absolute Gasteiger partial charge is 0.144 e. The molecule has 18 heavy (non-hydrogen) atoms. The number of fused-ring (bicyclic) bond motifs is 1. The van der Waals surface area contributed by atoms with Gasteiger partial charge in [-0.2, -0.15) is 0 Å². The molecule has 1 aromatic heterocycles. The summed E-state index contributed by atoms with van der Waals surface area (Å²) in [7, 11) is 0. The minimum atomic E-state index is 0.169. The van der Waals surface area contributed by atoms with Crippen molar-refractivity contribution in [3.05, 3.63) is 57.3 Å². The third kappa shape index (κ3) is 2.22. The van der Waals surface area contributed by atoms with E-state index in [2.05, 4.69) is 43.3 Å². The van der Waals surface area contributed by atoms with Crippen molar-refractivity contribution >= 4 is 22.9 Å². The number of hydrogen-bond acceptors (Lipinski definition) is 1. The third-order valence-corrected chi connectivity index (χ3v) is 5.83. The predicted octanol–water partition coefficient (Wildman–Crippen LogP) is 5.01. The van der Waals surface area contributed by atoms with Crippen molar-refractivity contribution in [3.8, 4) is 0 Å². The van der Waals surface area contributed by atoms with Gasteiger partial charge in [-0.25, -0.2) is 0 Å². The zero-order chi connectivity index (χ0) is 12.5. The number of aryl methyl sites for hydroxylation is 1. The van der Waals surface area contributed by atoms with Gasteiger partial charge in [-0.1, -0.05) is 31.2 Å². The van der Waals surface area contributed by atoms with Gasteiger partial charge in [0.2, 0.25) is 0 Å². The second-order valence-electron chi connectivity index (χ2n) is 5.00. The van der Waals surface area contributed by atoms with Crippen molar-refractivity contribution in [2.75, 3.05) is 0 Å². The van der Waals surface area contributed by atoms with Crippen molar-refractivity contribution < 1.29 is 0 Å². The van der Waals surface area contributed by atoms with Gasteiger partial charge in [0.05, 0.1) is 5.38 Å². The van der Waals surface area contributed by atoms with Crippen LogP contribution in [0.5, 0.6) is 0 Å². The van der Waals surface area contributed by atoms with Crippen LogP contribution in [0.2, 0.25) is 0 Å². The number of alkyl halides is 1. The molecule has 1 aliphatic carbocycles. The average Bonchev–Trinajstić information content (AvgIpc) is 3.04. The molecule has 1 aliphatic rings. The van der Waals surface area contributed by atoms with E-state index in [1.807, 2.05) is 11.3 Å². The van der Waals surface area contributed by atoms with Gasteiger partial charge in [-0.3, -0.25) is 0 Å². The van der Waals surface area contributed by atoms with Crippen molar-refractivity contribution in [1.82, 2.24) is 0 Å². The lowest BCUT2D eigenvalue weighted by atomic mass is 10.0. The highest BCUT2D eigenvalue weighted by Crippen LogP contribution is 2.41. The first-order chi connectivity index (χ1) is 8.78. The maximum atomic E-state index is 6.68. The lowest BCUT2D eigenvalue weighted by molar-refractivity contribution is 0.546. The van der Waals surface area contributed by atoms with Crippen molar-refractivity contribution in [2.45, 2.75) is 31.6 Å². The molecule has 0 fully saturated rings. The molecule has 0 amide bonds. The van der Waals surface area contributed by atoms with Crippen LogP contribution in [-0.2, 0) is 19.3 Å². The lowest BCUT2D eigenvalue weighted by Gasteiger charge is -2.14. The van der Waals surface area contributed by atoms with E-state index in [9.17, 15) is 0 Å². The Kier molecular flexibility index (Phi) is 3.45. The molecule has 2 aromatic rings. The van der Waals surface area contributed by atoms with Crippen LogP contribution in [0.15, 0.2) is 36.4 Å². The molecule has 0 bridgehead atoms. The lowest BCUT2D eigenvalue weighted by Crippen LogP contribution is -2.06. The van der Waals surface area contributed by atoms with Crippen LogP contribution in [-0.4, -0.2) is 0 Å².